The summed E-state index contributed by atoms with van der Waals surface area (Å²) >= 11 is 5.20. The SMILES string of the molecule is Cc1cc(NC(=O)N2CCC[C@@H]2c2cccs2)ccc1Br. The number of aryl methyl sites for hydroxylation is 1. The van der Waals surface area contributed by atoms with Gasteiger partial charge in [-0.2, -0.15) is 0 Å². The smallest absolute Gasteiger partial charge is 0.317 e. The standard InChI is InChI=1S/C16H17BrN2OS/c1-11-10-12(6-7-13(11)17)18-16(20)19-8-2-4-14(19)15-5-3-9-21-15/h3,5-7,9-10,14H,2,4,8H2,1H3,(H,18,20)/t14-/m1/s1. The lowest BCUT2D eigenvalue weighted by Gasteiger charge is -2.24. The molecular formula is C16H17BrN2OS. The number of carbonyl (C=O) groups excluding carboxylic acids is 1. The first-order valence-corrected chi connectivity index (χ1v) is 8.69. The number of carbonyl (C=O) groups is 1. The highest BCUT2D eigenvalue weighted by Gasteiger charge is 2.30. The molecule has 3 rings (SSSR count). The van der Waals surface area contributed by atoms with Gasteiger partial charge in [-0.1, -0.05) is 22.0 Å². The molecule has 1 aromatic heterocycles. The molecule has 21 heavy (non-hydrogen) atoms. The van der Waals surface area contributed by atoms with E-state index in [1.165, 1.54) is 4.88 Å². The van der Waals surface area contributed by atoms with E-state index >= 15 is 0 Å². The Balaban J connectivity index is 1.73. The largest absolute Gasteiger partial charge is 0.322 e. The van der Waals surface area contributed by atoms with Crippen molar-refractivity contribution in [1.29, 1.82) is 0 Å². The summed E-state index contributed by atoms with van der Waals surface area (Å²) in [5, 5.41) is 5.09. The average Bonchev–Trinajstić information content (AvgIpc) is 3.12. The molecule has 5 heteroatoms. The van der Waals surface area contributed by atoms with E-state index in [9.17, 15) is 4.79 Å². The Labute approximate surface area is 137 Å². The van der Waals surface area contributed by atoms with Gasteiger partial charge in [0, 0.05) is 21.6 Å². The van der Waals surface area contributed by atoms with Crippen LogP contribution in [0.2, 0.25) is 0 Å². The van der Waals surface area contributed by atoms with Gasteiger partial charge in [0.15, 0.2) is 0 Å². The summed E-state index contributed by atoms with van der Waals surface area (Å²) in [6, 6.07) is 10.3. The molecule has 3 nitrogen and oxygen atoms in total. The van der Waals surface area contributed by atoms with Crippen LogP contribution >= 0.6 is 27.3 Å². The minimum atomic E-state index is -0.00683. The van der Waals surface area contributed by atoms with Gasteiger partial charge in [-0.25, -0.2) is 4.79 Å². The van der Waals surface area contributed by atoms with Crippen molar-refractivity contribution in [2.45, 2.75) is 25.8 Å². The molecule has 1 aliphatic rings. The van der Waals surface area contributed by atoms with Gasteiger partial charge in [-0.05, 0) is 55.0 Å². The molecule has 2 amide bonds. The molecule has 1 N–H and O–H groups in total. The second-order valence-corrected chi connectivity index (χ2v) is 7.09. The van der Waals surface area contributed by atoms with E-state index in [2.05, 4.69) is 32.7 Å². The van der Waals surface area contributed by atoms with E-state index in [4.69, 9.17) is 0 Å². The van der Waals surface area contributed by atoms with Crippen molar-refractivity contribution >= 4 is 39.0 Å². The molecule has 110 valence electrons. The fourth-order valence-corrected chi connectivity index (χ4v) is 3.82. The van der Waals surface area contributed by atoms with Gasteiger partial charge in [0.2, 0.25) is 0 Å². The van der Waals surface area contributed by atoms with Gasteiger partial charge in [0.1, 0.15) is 0 Å². The predicted octanol–water partition coefficient (Wildman–Crippen LogP) is 5.19. The lowest BCUT2D eigenvalue weighted by molar-refractivity contribution is 0.208. The molecule has 0 aliphatic carbocycles. The van der Waals surface area contributed by atoms with Gasteiger partial charge < -0.3 is 10.2 Å². The third kappa shape index (κ3) is 3.14. The van der Waals surface area contributed by atoms with E-state index in [1.54, 1.807) is 11.3 Å². The van der Waals surface area contributed by atoms with Crippen LogP contribution in [0, 0.1) is 6.92 Å². The van der Waals surface area contributed by atoms with Crippen LogP contribution in [0.1, 0.15) is 29.3 Å². The number of amides is 2. The van der Waals surface area contributed by atoms with Crippen LogP contribution in [-0.2, 0) is 0 Å². The normalized spacial score (nSPS) is 18.0. The second kappa shape index (κ2) is 6.20. The third-order valence-corrected chi connectivity index (χ3v) is 5.66. The molecule has 1 aromatic carbocycles. The molecular weight excluding hydrogens is 348 g/mol. The Morgan fingerprint density at radius 3 is 3.00 bits per heavy atom. The molecule has 2 aromatic rings. The molecule has 1 aliphatic heterocycles. The summed E-state index contributed by atoms with van der Waals surface area (Å²) in [7, 11) is 0. The highest BCUT2D eigenvalue weighted by atomic mass is 79.9. The lowest BCUT2D eigenvalue weighted by atomic mass is 10.2. The zero-order valence-corrected chi connectivity index (χ0v) is 14.2. The fourth-order valence-electron chi connectivity index (χ4n) is 2.70. The Morgan fingerprint density at radius 2 is 2.29 bits per heavy atom. The maximum atomic E-state index is 12.5. The number of thiophene rings is 1. The summed E-state index contributed by atoms with van der Waals surface area (Å²) in [4.78, 5) is 15.7. The maximum absolute atomic E-state index is 12.5. The van der Waals surface area contributed by atoms with Crippen molar-refractivity contribution in [2.75, 3.05) is 11.9 Å². The molecule has 0 radical (unpaired) electrons. The van der Waals surface area contributed by atoms with Crippen molar-refractivity contribution in [3.05, 3.63) is 50.6 Å². The average molecular weight is 365 g/mol. The highest BCUT2D eigenvalue weighted by molar-refractivity contribution is 9.10. The minimum absolute atomic E-state index is 0.00683. The van der Waals surface area contributed by atoms with Crippen LogP contribution in [-0.4, -0.2) is 17.5 Å². The zero-order chi connectivity index (χ0) is 14.8. The summed E-state index contributed by atoms with van der Waals surface area (Å²) < 4.78 is 1.05. The number of hydrogen-bond acceptors (Lipinski definition) is 2. The topological polar surface area (TPSA) is 32.3 Å². The van der Waals surface area contributed by atoms with Gasteiger partial charge in [0.05, 0.1) is 6.04 Å². The van der Waals surface area contributed by atoms with Crippen LogP contribution in [0.4, 0.5) is 10.5 Å². The number of anilines is 1. The van der Waals surface area contributed by atoms with E-state index in [0.29, 0.717) is 0 Å². The van der Waals surface area contributed by atoms with E-state index < -0.39 is 0 Å². The van der Waals surface area contributed by atoms with Crippen LogP contribution in [0.3, 0.4) is 0 Å². The number of rotatable bonds is 2. The monoisotopic (exact) mass is 364 g/mol. The Kier molecular flexibility index (Phi) is 4.31. The number of benzene rings is 1. The lowest BCUT2D eigenvalue weighted by Crippen LogP contribution is -2.34. The van der Waals surface area contributed by atoms with Gasteiger partial charge >= 0.3 is 6.03 Å². The number of likely N-dealkylation sites (tertiary alicyclic amines) is 1. The van der Waals surface area contributed by atoms with Crippen LogP contribution < -0.4 is 5.32 Å². The van der Waals surface area contributed by atoms with E-state index in [1.807, 2.05) is 36.1 Å². The predicted molar refractivity (Wildman–Crippen MR) is 90.9 cm³/mol. The Bertz CT molecular complexity index is 642. The second-order valence-electron chi connectivity index (χ2n) is 5.26. The van der Waals surface area contributed by atoms with Gasteiger partial charge in [-0.15, -0.1) is 11.3 Å². The summed E-state index contributed by atoms with van der Waals surface area (Å²) in [6.45, 7) is 2.84. The quantitative estimate of drug-likeness (QED) is 0.781. The number of urea groups is 1. The maximum Gasteiger partial charge on any atom is 0.322 e. The van der Waals surface area contributed by atoms with Crippen molar-refractivity contribution in [3.8, 4) is 0 Å². The molecule has 0 unspecified atom stereocenters. The summed E-state index contributed by atoms with van der Waals surface area (Å²) in [5.74, 6) is 0. The molecule has 0 spiro atoms. The first-order chi connectivity index (χ1) is 10.1. The van der Waals surface area contributed by atoms with E-state index in [-0.39, 0.29) is 12.1 Å². The number of halogens is 1. The number of nitrogens with zero attached hydrogens (tertiary/aromatic N) is 1. The fraction of sp³-hybridized carbons (Fsp3) is 0.312. The van der Waals surface area contributed by atoms with Crippen LogP contribution in [0.5, 0.6) is 0 Å². The van der Waals surface area contributed by atoms with Crippen LogP contribution in [0.15, 0.2) is 40.2 Å². The van der Waals surface area contributed by atoms with Crippen molar-refractivity contribution in [1.82, 2.24) is 4.90 Å². The first kappa shape index (κ1) is 14.6. The minimum Gasteiger partial charge on any atom is -0.317 e. The molecule has 1 saturated heterocycles. The van der Waals surface area contributed by atoms with Gasteiger partial charge in [-0.3, -0.25) is 0 Å². The molecule has 0 saturated carbocycles. The number of hydrogen-bond donors (Lipinski definition) is 1. The molecule has 1 fully saturated rings. The number of nitrogens with one attached hydrogen (secondary N) is 1. The molecule has 0 bridgehead atoms. The first-order valence-electron chi connectivity index (χ1n) is 7.02. The van der Waals surface area contributed by atoms with Gasteiger partial charge in [0.25, 0.3) is 0 Å². The highest BCUT2D eigenvalue weighted by Crippen LogP contribution is 2.34. The van der Waals surface area contributed by atoms with Crippen molar-refractivity contribution in [3.63, 3.8) is 0 Å². The van der Waals surface area contributed by atoms with Crippen molar-refractivity contribution < 1.29 is 4.79 Å². The van der Waals surface area contributed by atoms with E-state index in [0.717, 1.165) is 35.1 Å². The zero-order valence-electron chi connectivity index (χ0n) is 11.8. The Hall–Kier alpha value is -1.33. The third-order valence-electron chi connectivity index (χ3n) is 3.79. The summed E-state index contributed by atoms with van der Waals surface area (Å²) in [6.07, 6.45) is 2.11. The molecule has 2 heterocycles. The summed E-state index contributed by atoms with van der Waals surface area (Å²) in [5.41, 5.74) is 1.96. The van der Waals surface area contributed by atoms with Crippen LogP contribution in [0.25, 0.3) is 0 Å². The Morgan fingerprint density at radius 1 is 1.43 bits per heavy atom. The molecule has 1 atom stereocenters. The van der Waals surface area contributed by atoms with Crippen molar-refractivity contribution in [2.24, 2.45) is 0 Å².